The number of likely N-dealkylation sites (tertiary alicyclic amines) is 1. The van der Waals surface area contributed by atoms with Gasteiger partial charge < -0.3 is 20.5 Å². The minimum absolute atomic E-state index is 0.0500. The zero-order valence-corrected chi connectivity index (χ0v) is 19.8. The van der Waals surface area contributed by atoms with E-state index in [0.717, 1.165) is 32.5 Å². The first-order chi connectivity index (χ1) is 17.0. The van der Waals surface area contributed by atoms with Gasteiger partial charge in [0.05, 0.1) is 16.8 Å². The number of nitrogens with zero attached hydrogens (tertiary/aromatic N) is 5. The number of benzene rings is 2. The summed E-state index contributed by atoms with van der Waals surface area (Å²) in [7, 11) is 0. The van der Waals surface area contributed by atoms with Crippen molar-refractivity contribution >= 4 is 28.7 Å². The number of rotatable bonds is 7. The summed E-state index contributed by atoms with van der Waals surface area (Å²) in [5.41, 5.74) is 7.62. The smallest absolute Gasteiger partial charge is 0.225 e. The van der Waals surface area contributed by atoms with Crippen LogP contribution in [0, 0.1) is 11.6 Å². The molecule has 1 saturated heterocycles. The molecule has 0 saturated carbocycles. The molecule has 7 nitrogen and oxygen atoms in total. The second-order valence-corrected chi connectivity index (χ2v) is 9.02. The molecule has 0 aliphatic carbocycles. The van der Waals surface area contributed by atoms with E-state index < -0.39 is 5.82 Å². The average molecular weight is 498 g/mol. The van der Waals surface area contributed by atoms with Gasteiger partial charge in [0, 0.05) is 44.3 Å². The number of aromatic nitrogens is 4. The van der Waals surface area contributed by atoms with Crippen LogP contribution in [0.15, 0.2) is 48.7 Å². The van der Waals surface area contributed by atoms with Gasteiger partial charge in [-0.1, -0.05) is 35.9 Å². The average Bonchev–Trinajstić information content (AvgIpc) is 3.22. The highest BCUT2D eigenvalue weighted by molar-refractivity contribution is 6.33. The third-order valence-electron chi connectivity index (χ3n) is 6.38. The SMILES string of the molecule is NCCN1CCC(n2c(-c3c(F)cccc3Cl)nc3cnc(NCc4ccccc4F)nc32)CC1. The molecule has 35 heavy (non-hydrogen) atoms. The number of hydrogen-bond acceptors (Lipinski definition) is 6. The Morgan fingerprint density at radius 1 is 1.03 bits per heavy atom. The maximum atomic E-state index is 15.0. The lowest BCUT2D eigenvalue weighted by Crippen LogP contribution is -2.37. The van der Waals surface area contributed by atoms with Gasteiger partial charge in [-0.25, -0.2) is 18.7 Å². The summed E-state index contributed by atoms with van der Waals surface area (Å²) in [5, 5.41) is 3.38. The van der Waals surface area contributed by atoms with Crippen LogP contribution in [0.25, 0.3) is 22.6 Å². The van der Waals surface area contributed by atoms with Crippen LogP contribution in [0.1, 0.15) is 24.4 Å². The van der Waals surface area contributed by atoms with Gasteiger partial charge in [-0.2, -0.15) is 4.98 Å². The number of piperidine rings is 1. The van der Waals surface area contributed by atoms with Crippen molar-refractivity contribution in [1.29, 1.82) is 0 Å². The molecule has 0 bridgehead atoms. The maximum Gasteiger partial charge on any atom is 0.225 e. The van der Waals surface area contributed by atoms with Crippen LogP contribution >= 0.6 is 11.6 Å². The third-order valence-corrected chi connectivity index (χ3v) is 6.70. The van der Waals surface area contributed by atoms with Crippen molar-refractivity contribution in [3.05, 3.63) is 70.9 Å². The summed E-state index contributed by atoms with van der Waals surface area (Å²) >= 11 is 6.43. The van der Waals surface area contributed by atoms with E-state index in [4.69, 9.17) is 27.3 Å². The van der Waals surface area contributed by atoms with Crippen molar-refractivity contribution < 1.29 is 8.78 Å². The monoisotopic (exact) mass is 497 g/mol. The number of imidazole rings is 1. The molecule has 0 radical (unpaired) electrons. The Bertz CT molecular complexity index is 1310. The molecular formula is C25H26ClF2N7. The standard InChI is InChI=1S/C25H26ClF2N7/c26-18-5-3-7-20(28)22(18)24-32-21-15-31-25(30-14-16-4-1-2-6-19(16)27)33-23(21)35(24)17-8-11-34(12-9-17)13-10-29/h1-7,15,17H,8-14,29H2,(H,30,31,33). The molecule has 1 fully saturated rings. The Morgan fingerprint density at radius 3 is 2.54 bits per heavy atom. The highest BCUT2D eigenvalue weighted by atomic mass is 35.5. The maximum absolute atomic E-state index is 15.0. The molecule has 3 heterocycles. The summed E-state index contributed by atoms with van der Waals surface area (Å²) in [6.07, 6.45) is 3.28. The predicted octanol–water partition coefficient (Wildman–Crippen LogP) is 4.63. The highest BCUT2D eigenvalue weighted by Gasteiger charge is 2.28. The summed E-state index contributed by atoms with van der Waals surface area (Å²) < 4.78 is 31.0. The number of nitrogens with one attached hydrogen (secondary N) is 1. The van der Waals surface area contributed by atoms with Gasteiger partial charge in [0.25, 0.3) is 0 Å². The Hall–Kier alpha value is -3.14. The van der Waals surface area contributed by atoms with Crippen LogP contribution in [0.4, 0.5) is 14.7 Å². The number of halogens is 3. The zero-order valence-electron chi connectivity index (χ0n) is 19.1. The molecule has 2 aromatic carbocycles. The fraction of sp³-hybridized carbons (Fsp3) is 0.320. The normalized spacial score (nSPS) is 15.1. The summed E-state index contributed by atoms with van der Waals surface area (Å²) in [4.78, 5) is 16.1. The molecule has 0 unspecified atom stereocenters. The van der Waals surface area contributed by atoms with Crippen LogP contribution in [-0.2, 0) is 6.54 Å². The van der Waals surface area contributed by atoms with Gasteiger partial charge in [-0.15, -0.1) is 0 Å². The molecule has 0 amide bonds. The largest absolute Gasteiger partial charge is 0.350 e. The van der Waals surface area contributed by atoms with Gasteiger partial charge in [0.15, 0.2) is 5.65 Å². The first-order valence-corrected chi connectivity index (χ1v) is 12.0. The lowest BCUT2D eigenvalue weighted by molar-refractivity contribution is 0.193. The second kappa shape index (κ2) is 10.2. The minimum Gasteiger partial charge on any atom is -0.350 e. The number of hydrogen-bond donors (Lipinski definition) is 2. The van der Waals surface area contributed by atoms with E-state index in [0.29, 0.717) is 35.0 Å². The van der Waals surface area contributed by atoms with Crippen LogP contribution in [0.3, 0.4) is 0 Å². The lowest BCUT2D eigenvalue weighted by atomic mass is 10.0. The van der Waals surface area contributed by atoms with Crippen molar-refractivity contribution in [1.82, 2.24) is 24.4 Å². The Balaban J connectivity index is 1.55. The van der Waals surface area contributed by atoms with E-state index in [9.17, 15) is 8.78 Å². The van der Waals surface area contributed by atoms with Crippen LogP contribution in [-0.4, -0.2) is 50.6 Å². The zero-order chi connectivity index (χ0) is 24.4. The molecule has 0 atom stereocenters. The molecule has 1 aliphatic rings. The fourth-order valence-corrected chi connectivity index (χ4v) is 4.86. The Kier molecular flexibility index (Phi) is 6.90. The van der Waals surface area contributed by atoms with E-state index in [1.165, 1.54) is 12.1 Å². The third kappa shape index (κ3) is 4.84. The van der Waals surface area contributed by atoms with Gasteiger partial charge in [-0.05, 0) is 31.0 Å². The first kappa shape index (κ1) is 23.6. The summed E-state index contributed by atoms with van der Waals surface area (Å²) in [5.74, 6) is 0.0295. The van der Waals surface area contributed by atoms with E-state index in [-0.39, 0.29) is 29.0 Å². The first-order valence-electron chi connectivity index (χ1n) is 11.6. The van der Waals surface area contributed by atoms with Crippen molar-refractivity contribution in [2.24, 2.45) is 5.73 Å². The predicted molar refractivity (Wildman–Crippen MR) is 133 cm³/mol. The lowest BCUT2D eigenvalue weighted by Gasteiger charge is -2.33. The topological polar surface area (TPSA) is 84.9 Å². The molecule has 0 spiro atoms. The van der Waals surface area contributed by atoms with E-state index in [1.807, 2.05) is 4.57 Å². The quantitative estimate of drug-likeness (QED) is 0.387. The van der Waals surface area contributed by atoms with Gasteiger partial charge in [-0.3, -0.25) is 0 Å². The van der Waals surface area contributed by atoms with E-state index in [2.05, 4.69) is 15.2 Å². The van der Waals surface area contributed by atoms with Gasteiger partial charge >= 0.3 is 0 Å². The van der Waals surface area contributed by atoms with Crippen LogP contribution in [0.2, 0.25) is 5.02 Å². The Morgan fingerprint density at radius 2 is 1.80 bits per heavy atom. The van der Waals surface area contributed by atoms with Crippen molar-refractivity contribution in [2.75, 3.05) is 31.5 Å². The fourth-order valence-electron chi connectivity index (χ4n) is 4.61. The summed E-state index contributed by atoms with van der Waals surface area (Å²) in [6, 6.07) is 11.2. The highest BCUT2D eigenvalue weighted by Crippen LogP contribution is 2.37. The second-order valence-electron chi connectivity index (χ2n) is 8.61. The molecule has 4 aromatic rings. The van der Waals surface area contributed by atoms with Gasteiger partial charge in [0.1, 0.15) is 23.0 Å². The van der Waals surface area contributed by atoms with Crippen molar-refractivity contribution in [2.45, 2.75) is 25.4 Å². The van der Waals surface area contributed by atoms with E-state index in [1.54, 1.807) is 36.5 Å². The van der Waals surface area contributed by atoms with Gasteiger partial charge in [0.2, 0.25) is 5.95 Å². The molecule has 10 heteroatoms. The minimum atomic E-state index is -0.444. The number of fused-ring (bicyclic) bond motifs is 1. The van der Waals surface area contributed by atoms with Crippen LogP contribution in [0.5, 0.6) is 0 Å². The molecule has 2 aromatic heterocycles. The molecule has 3 N–H and O–H groups in total. The number of nitrogens with two attached hydrogens (primary N) is 1. The Labute approximate surface area is 207 Å². The molecular weight excluding hydrogens is 472 g/mol. The summed E-state index contributed by atoms with van der Waals surface area (Å²) in [6.45, 7) is 3.43. The molecule has 182 valence electrons. The van der Waals surface area contributed by atoms with Crippen molar-refractivity contribution in [3.8, 4) is 11.4 Å². The number of anilines is 1. The molecule has 1 aliphatic heterocycles. The van der Waals surface area contributed by atoms with E-state index >= 15 is 0 Å². The van der Waals surface area contributed by atoms with Crippen LogP contribution < -0.4 is 11.1 Å². The molecule has 5 rings (SSSR count). The van der Waals surface area contributed by atoms with Crippen molar-refractivity contribution in [3.63, 3.8) is 0 Å².